The van der Waals surface area contributed by atoms with Crippen molar-refractivity contribution in [2.24, 2.45) is 5.84 Å². The number of pyridine rings is 1. The van der Waals surface area contributed by atoms with Gasteiger partial charge in [-0.2, -0.15) is 0 Å². The highest BCUT2D eigenvalue weighted by Gasteiger charge is 2.15. The Morgan fingerprint density at radius 1 is 1.22 bits per heavy atom. The maximum absolute atomic E-state index is 5.70. The Kier molecular flexibility index (Phi) is 4.11. The molecule has 3 nitrogen and oxygen atoms in total. The molecule has 2 aromatic rings. The van der Waals surface area contributed by atoms with Gasteiger partial charge < -0.3 is 0 Å². The van der Waals surface area contributed by atoms with E-state index in [2.05, 4.69) is 58.4 Å². The molecule has 18 heavy (non-hydrogen) atoms. The van der Waals surface area contributed by atoms with Crippen molar-refractivity contribution in [2.75, 3.05) is 0 Å². The molecule has 0 aliphatic heterocycles. The van der Waals surface area contributed by atoms with E-state index >= 15 is 0 Å². The number of nitrogens with zero attached hydrogens (tertiary/aromatic N) is 1. The van der Waals surface area contributed by atoms with Gasteiger partial charge >= 0.3 is 0 Å². The maximum Gasteiger partial charge on any atom is 0.0728 e. The second-order valence-electron chi connectivity index (χ2n) is 4.34. The number of benzene rings is 1. The molecule has 0 aliphatic carbocycles. The molecule has 94 valence electrons. The lowest BCUT2D eigenvalue weighted by atomic mass is 9.97. The molecule has 0 spiro atoms. The third-order valence-corrected chi connectivity index (χ3v) is 3.94. The third-order valence-electron chi connectivity index (χ3n) is 3.09. The Balaban J connectivity index is 2.45. The Hall–Kier alpha value is -1.23. The van der Waals surface area contributed by atoms with Crippen LogP contribution in [0.25, 0.3) is 0 Å². The van der Waals surface area contributed by atoms with Gasteiger partial charge in [-0.05, 0) is 48.2 Å². The van der Waals surface area contributed by atoms with Crippen LogP contribution in [0.4, 0.5) is 0 Å². The fraction of sp³-hybridized carbons (Fsp3) is 0.214. The smallest absolute Gasteiger partial charge is 0.0728 e. The minimum Gasteiger partial charge on any atom is -0.271 e. The van der Waals surface area contributed by atoms with Crippen LogP contribution in [-0.4, -0.2) is 4.98 Å². The van der Waals surface area contributed by atoms with Crippen LogP contribution in [0.3, 0.4) is 0 Å². The summed E-state index contributed by atoms with van der Waals surface area (Å²) in [5.41, 5.74) is 7.45. The van der Waals surface area contributed by atoms with Gasteiger partial charge in [0.25, 0.3) is 0 Å². The van der Waals surface area contributed by atoms with E-state index in [0.717, 1.165) is 15.6 Å². The molecule has 4 heteroatoms. The zero-order valence-corrected chi connectivity index (χ0v) is 12.0. The molecule has 2 rings (SSSR count). The lowest BCUT2D eigenvalue weighted by Gasteiger charge is -2.19. The number of nitrogens with two attached hydrogens (primary N) is 1. The fourth-order valence-electron chi connectivity index (χ4n) is 1.93. The summed E-state index contributed by atoms with van der Waals surface area (Å²) >= 11 is 3.55. The van der Waals surface area contributed by atoms with Gasteiger partial charge in [0.1, 0.15) is 0 Å². The molecule has 0 saturated heterocycles. The Morgan fingerprint density at radius 2 is 2.00 bits per heavy atom. The lowest BCUT2D eigenvalue weighted by molar-refractivity contribution is 0.631. The van der Waals surface area contributed by atoms with Crippen LogP contribution >= 0.6 is 15.9 Å². The maximum atomic E-state index is 5.70. The second kappa shape index (κ2) is 5.61. The van der Waals surface area contributed by atoms with Gasteiger partial charge in [0.15, 0.2) is 0 Å². The second-order valence-corrected chi connectivity index (χ2v) is 5.19. The van der Waals surface area contributed by atoms with E-state index in [0.29, 0.717) is 0 Å². The van der Waals surface area contributed by atoms with Crippen molar-refractivity contribution in [1.82, 2.24) is 10.4 Å². The predicted molar refractivity (Wildman–Crippen MR) is 77.0 cm³/mol. The van der Waals surface area contributed by atoms with Crippen LogP contribution in [0.2, 0.25) is 0 Å². The van der Waals surface area contributed by atoms with Gasteiger partial charge in [-0.3, -0.25) is 10.8 Å². The highest BCUT2D eigenvalue weighted by atomic mass is 79.9. The lowest BCUT2D eigenvalue weighted by Crippen LogP contribution is -2.29. The summed E-state index contributed by atoms with van der Waals surface area (Å²) < 4.78 is 1.08. The molecular formula is C14H16BrN3. The Morgan fingerprint density at radius 3 is 2.61 bits per heavy atom. The van der Waals surface area contributed by atoms with E-state index in [-0.39, 0.29) is 6.04 Å². The molecule has 0 fully saturated rings. The predicted octanol–water partition coefficient (Wildman–Crippen LogP) is 3.01. The first-order chi connectivity index (χ1) is 8.63. The van der Waals surface area contributed by atoms with Crippen LogP contribution in [0.5, 0.6) is 0 Å². The summed E-state index contributed by atoms with van der Waals surface area (Å²) in [7, 11) is 0. The normalized spacial score (nSPS) is 12.4. The molecule has 1 aromatic carbocycles. The number of rotatable bonds is 3. The summed E-state index contributed by atoms with van der Waals surface area (Å²) in [6.45, 7) is 4.12. The highest BCUT2D eigenvalue weighted by Crippen LogP contribution is 2.27. The molecule has 1 aromatic heterocycles. The van der Waals surface area contributed by atoms with Gasteiger partial charge in [-0.25, -0.2) is 5.43 Å². The molecule has 1 heterocycles. The first kappa shape index (κ1) is 13.2. The molecule has 1 atom stereocenters. The van der Waals surface area contributed by atoms with E-state index in [1.807, 2.05) is 12.3 Å². The number of halogens is 1. The SMILES string of the molecule is Cc1ccc(C(NN)c2cnccc2C)cc1Br. The summed E-state index contributed by atoms with van der Waals surface area (Å²) in [4.78, 5) is 4.17. The zero-order chi connectivity index (χ0) is 13.1. The summed E-state index contributed by atoms with van der Waals surface area (Å²) in [5, 5.41) is 0. The number of aromatic nitrogens is 1. The minimum absolute atomic E-state index is 0.0457. The highest BCUT2D eigenvalue weighted by molar-refractivity contribution is 9.10. The number of hydrazine groups is 1. The molecule has 0 aliphatic rings. The number of hydrogen-bond donors (Lipinski definition) is 2. The molecule has 0 bridgehead atoms. The fourth-order valence-corrected chi connectivity index (χ4v) is 2.33. The van der Waals surface area contributed by atoms with Crippen LogP contribution in [0, 0.1) is 13.8 Å². The van der Waals surface area contributed by atoms with E-state index < -0.39 is 0 Å². The van der Waals surface area contributed by atoms with Gasteiger partial charge in [-0.1, -0.05) is 28.1 Å². The van der Waals surface area contributed by atoms with Gasteiger partial charge in [-0.15, -0.1) is 0 Å². The van der Waals surface area contributed by atoms with Gasteiger partial charge in [0.05, 0.1) is 6.04 Å². The van der Waals surface area contributed by atoms with E-state index in [1.165, 1.54) is 11.1 Å². The number of aryl methyl sites for hydroxylation is 2. The molecule has 0 amide bonds. The van der Waals surface area contributed by atoms with Crippen molar-refractivity contribution in [3.05, 3.63) is 63.4 Å². The van der Waals surface area contributed by atoms with E-state index in [9.17, 15) is 0 Å². The van der Waals surface area contributed by atoms with Crippen molar-refractivity contribution in [2.45, 2.75) is 19.9 Å². The number of hydrogen-bond acceptors (Lipinski definition) is 3. The summed E-state index contributed by atoms with van der Waals surface area (Å²) in [5.74, 6) is 5.70. The average Bonchev–Trinajstić information content (AvgIpc) is 2.37. The Bertz CT molecular complexity index is 554. The first-order valence-corrected chi connectivity index (χ1v) is 6.55. The van der Waals surface area contributed by atoms with Crippen LogP contribution < -0.4 is 11.3 Å². The van der Waals surface area contributed by atoms with Crippen molar-refractivity contribution >= 4 is 15.9 Å². The van der Waals surface area contributed by atoms with Crippen molar-refractivity contribution < 1.29 is 0 Å². The average molecular weight is 306 g/mol. The van der Waals surface area contributed by atoms with E-state index in [4.69, 9.17) is 5.84 Å². The summed E-state index contributed by atoms with van der Waals surface area (Å²) in [6.07, 6.45) is 3.64. The Labute approximate surface area is 116 Å². The topological polar surface area (TPSA) is 50.9 Å². The molecule has 1 unspecified atom stereocenters. The minimum atomic E-state index is -0.0457. The first-order valence-electron chi connectivity index (χ1n) is 5.76. The van der Waals surface area contributed by atoms with Gasteiger partial charge in [0, 0.05) is 16.9 Å². The quantitative estimate of drug-likeness (QED) is 0.677. The molecule has 0 saturated carbocycles. The molecular weight excluding hydrogens is 290 g/mol. The summed E-state index contributed by atoms with van der Waals surface area (Å²) in [6, 6.07) is 8.19. The number of nitrogens with one attached hydrogen (secondary N) is 1. The van der Waals surface area contributed by atoms with Crippen LogP contribution in [-0.2, 0) is 0 Å². The van der Waals surface area contributed by atoms with Crippen molar-refractivity contribution in [3.63, 3.8) is 0 Å². The largest absolute Gasteiger partial charge is 0.271 e. The third kappa shape index (κ3) is 2.61. The van der Waals surface area contributed by atoms with Crippen molar-refractivity contribution in [3.8, 4) is 0 Å². The van der Waals surface area contributed by atoms with Crippen molar-refractivity contribution in [1.29, 1.82) is 0 Å². The molecule has 3 N–H and O–H groups in total. The van der Waals surface area contributed by atoms with Crippen LogP contribution in [0.1, 0.15) is 28.3 Å². The molecule has 0 radical (unpaired) electrons. The van der Waals surface area contributed by atoms with E-state index in [1.54, 1.807) is 6.20 Å². The van der Waals surface area contributed by atoms with Crippen LogP contribution in [0.15, 0.2) is 41.1 Å². The monoisotopic (exact) mass is 305 g/mol. The zero-order valence-electron chi connectivity index (χ0n) is 10.4. The standard InChI is InChI=1S/C14H16BrN3/c1-9-5-6-17-8-12(9)14(18-16)11-4-3-10(2)13(15)7-11/h3-8,14,18H,16H2,1-2H3. The van der Waals surface area contributed by atoms with Gasteiger partial charge in [0.2, 0.25) is 0 Å².